The minimum atomic E-state index is -0.360. The van der Waals surface area contributed by atoms with Crippen molar-refractivity contribution >= 4 is 35.1 Å². The van der Waals surface area contributed by atoms with Crippen LogP contribution in [0.5, 0.6) is 5.75 Å². The zero-order chi connectivity index (χ0) is 18.5. The Kier molecular flexibility index (Phi) is 5.85. The Hall–Kier alpha value is -2.44. The van der Waals surface area contributed by atoms with Gasteiger partial charge in [-0.15, -0.1) is 0 Å². The summed E-state index contributed by atoms with van der Waals surface area (Å²) in [7, 11) is 0. The number of ether oxygens (including phenoxy) is 1. The van der Waals surface area contributed by atoms with E-state index in [4.69, 9.17) is 39.4 Å². The van der Waals surface area contributed by atoms with Gasteiger partial charge in [0.25, 0.3) is 0 Å². The predicted octanol–water partition coefficient (Wildman–Crippen LogP) is 3.41. The number of hydrogen-bond donors (Lipinski definition) is 2. The first kappa shape index (κ1) is 18.4. The molecule has 1 heterocycles. The van der Waals surface area contributed by atoms with Crippen LogP contribution in [-0.2, 0) is 0 Å². The molecule has 6 nitrogen and oxygen atoms in total. The highest BCUT2D eigenvalue weighted by Gasteiger charge is 2.25. The van der Waals surface area contributed by atoms with Crippen molar-refractivity contribution in [1.82, 2.24) is 4.90 Å². The summed E-state index contributed by atoms with van der Waals surface area (Å²) < 4.78 is 5.72. The lowest BCUT2D eigenvalue weighted by Crippen LogP contribution is -2.44. The van der Waals surface area contributed by atoms with E-state index in [2.05, 4.69) is 9.98 Å². The first-order chi connectivity index (χ1) is 12.5. The number of benzene rings is 2. The maximum absolute atomic E-state index is 6.10. The van der Waals surface area contributed by atoms with Crippen LogP contribution in [0.25, 0.3) is 0 Å². The Morgan fingerprint density at radius 3 is 2.54 bits per heavy atom. The Morgan fingerprint density at radius 1 is 1.04 bits per heavy atom. The summed E-state index contributed by atoms with van der Waals surface area (Å²) >= 11 is 12.0. The average molecular weight is 392 g/mol. The average Bonchev–Trinajstić information content (AvgIpc) is 2.61. The predicted molar refractivity (Wildman–Crippen MR) is 106 cm³/mol. The summed E-state index contributed by atoms with van der Waals surface area (Å²) in [4.78, 5) is 10.4. The van der Waals surface area contributed by atoms with E-state index in [9.17, 15) is 0 Å². The lowest BCUT2D eigenvalue weighted by atomic mass is 10.1. The van der Waals surface area contributed by atoms with Gasteiger partial charge >= 0.3 is 0 Å². The Bertz CT molecular complexity index is 823. The highest BCUT2D eigenvalue weighted by Crippen LogP contribution is 2.27. The molecule has 1 aliphatic rings. The van der Waals surface area contributed by atoms with Gasteiger partial charge in [0.1, 0.15) is 5.75 Å². The molecule has 0 bridgehead atoms. The minimum absolute atomic E-state index is 0.154. The largest absolute Gasteiger partial charge is 0.494 e. The molecule has 2 aromatic rings. The zero-order valence-electron chi connectivity index (χ0n) is 14.0. The molecule has 0 amide bonds. The third-order valence-electron chi connectivity index (χ3n) is 3.85. The molecule has 1 aliphatic heterocycles. The van der Waals surface area contributed by atoms with Gasteiger partial charge in [-0.05, 0) is 48.4 Å². The van der Waals surface area contributed by atoms with E-state index in [-0.39, 0.29) is 12.1 Å². The van der Waals surface area contributed by atoms with E-state index in [1.807, 2.05) is 41.3 Å². The Balaban J connectivity index is 1.64. The number of halogens is 2. The molecule has 1 unspecified atom stereocenters. The van der Waals surface area contributed by atoms with Gasteiger partial charge in [-0.25, -0.2) is 4.99 Å². The maximum atomic E-state index is 6.10. The van der Waals surface area contributed by atoms with E-state index in [1.165, 1.54) is 0 Å². The third kappa shape index (κ3) is 4.59. The third-order valence-corrected chi connectivity index (χ3v) is 4.33. The molecule has 2 aromatic carbocycles. The monoisotopic (exact) mass is 391 g/mol. The number of rotatable bonds is 6. The topological polar surface area (TPSA) is 89.2 Å². The van der Waals surface area contributed by atoms with Gasteiger partial charge in [-0.3, -0.25) is 0 Å². The van der Waals surface area contributed by atoms with Crippen molar-refractivity contribution in [2.75, 3.05) is 13.2 Å². The summed E-state index contributed by atoms with van der Waals surface area (Å²) in [5.74, 6) is 1.25. The number of hydrogen-bond acceptors (Lipinski definition) is 6. The van der Waals surface area contributed by atoms with Crippen molar-refractivity contribution < 1.29 is 4.74 Å². The zero-order valence-corrected chi connectivity index (χ0v) is 15.5. The molecule has 0 aliphatic carbocycles. The molecule has 3 rings (SSSR count). The molecule has 0 saturated carbocycles. The summed E-state index contributed by atoms with van der Waals surface area (Å²) in [6, 6.07) is 14.7. The Morgan fingerprint density at radius 2 is 1.81 bits per heavy atom. The van der Waals surface area contributed by atoms with Crippen molar-refractivity contribution in [1.29, 1.82) is 0 Å². The van der Waals surface area contributed by atoms with E-state index in [0.717, 1.165) is 17.7 Å². The van der Waals surface area contributed by atoms with Crippen LogP contribution in [0.2, 0.25) is 10.0 Å². The van der Waals surface area contributed by atoms with Gasteiger partial charge < -0.3 is 21.1 Å². The van der Waals surface area contributed by atoms with Crippen LogP contribution < -0.4 is 16.2 Å². The van der Waals surface area contributed by atoms with Gasteiger partial charge in [0.15, 0.2) is 6.17 Å². The number of guanidine groups is 2. The lowest BCUT2D eigenvalue weighted by Gasteiger charge is -2.32. The molecule has 4 N–H and O–H groups in total. The van der Waals surface area contributed by atoms with Crippen LogP contribution in [0, 0.1) is 0 Å². The van der Waals surface area contributed by atoms with Gasteiger partial charge in [0.2, 0.25) is 11.9 Å². The van der Waals surface area contributed by atoms with Gasteiger partial charge in [0, 0.05) is 16.6 Å². The second-order valence-electron chi connectivity index (χ2n) is 5.74. The second kappa shape index (κ2) is 8.29. The summed E-state index contributed by atoms with van der Waals surface area (Å²) in [6.07, 6.45) is 0.368. The normalized spacial score (nSPS) is 16.8. The Labute approximate surface area is 162 Å². The number of aliphatic imine (C=N–C) groups is 2. The van der Waals surface area contributed by atoms with Crippen LogP contribution in [0.15, 0.2) is 58.5 Å². The molecular formula is C18H19Cl2N5O. The fraction of sp³-hybridized carbons (Fsp3) is 0.222. The van der Waals surface area contributed by atoms with E-state index in [0.29, 0.717) is 29.2 Å². The molecule has 0 radical (unpaired) electrons. The highest BCUT2D eigenvalue weighted by atomic mass is 35.5. The van der Waals surface area contributed by atoms with Crippen LogP contribution in [0.1, 0.15) is 18.2 Å². The van der Waals surface area contributed by atoms with Crippen LogP contribution >= 0.6 is 23.2 Å². The second-order valence-corrected chi connectivity index (χ2v) is 6.61. The lowest BCUT2D eigenvalue weighted by molar-refractivity contribution is 0.258. The first-order valence-corrected chi connectivity index (χ1v) is 8.86. The molecule has 0 aromatic heterocycles. The molecule has 26 heavy (non-hydrogen) atoms. The van der Waals surface area contributed by atoms with E-state index in [1.54, 1.807) is 12.1 Å². The van der Waals surface area contributed by atoms with Gasteiger partial charge in [-0.2, -0.15) is 4.99 Å². The van der Waals surface area contributed by atoms with Crippen LogP contribution in [0.3, 0.4) is 0 Å². The smallest absolute Gasteiger partial charge is 0.220 e. The summed E-state index contributed by atoms with van der Waals surface area (Å²) in [5, 5.41) is 1.30. The molecule has 0 spiro atoms. The molecule has 8 heteroatoms. The number of nitrogens with two attached hydrogens (primary N) is 2. The fourth-order valence-corrected chi connectivity index (χ4v) is 2.97. The quantitative estimate of drug-likeness (QED) is 0.738. The molecule has 136 valence electrons. The van der Waals surface area contributed by atoms with Crippen molar-refractivity contribution in [2.45, 2.75) is 12.6 Å². The molecular weight excluding hydrogens is 373 g/mol. The fourth-order valence-electron chi connectivity index (χ4n) is 2.64. The molecule has 0 fully saturated rings. The van der Waals surface area contributed by atoms with E-state index < -0.39 is 0 Å². The van der Waals surface area contributed by atoms with Crippen molar-refractivity contribution in [3.63, 3.8) is 0 Å². The SMILES string of the molecule is NC1=NC(c2cccc(Cl)c2)N(CCCOc2ccc(Cl)cc2)C(N)=N1. The summed E-state index contributed by atoms with van der Waals surface area (Å²) in [5.41, 5.74) is 12.8. The van der Waals surface area contributed by atoms with Crippen molar-refractivity contribution in [3.05, 3.63) is 64.1 Å². The van der Waals surface area contributed by atoms with Crippen LogP contribution in [0.4, 0.5) is 0 Å². The number of nitrogens with zero attached hydrogens (tertiary/aromatic N) is 3. The molecule has 0 saturated heterocycles. The highest BCUT2D eigenvalue weighted by molar-refractivity contribution is 6.30. The minimum Gasteiger partial charge on any atom is -0.494 e. The van der Waals surface area contributed by atoms with Gasteiger partial charge in [-0.1, -0.05) is 35.3 Å². The summed E-state index contributed by atoms with van der Waals surface area (Å²) in [6.45, 7) is 1.13. The van der Waals surface area contributed by atoms with Crippen LogP contribution in [-0.4, -0.2) is 30.0 Å². The van der Waals surface area contributed by atoms with E-state index >= 15 is 0 Å². The van der Waals surface area contributed by atoms with Gasteiger partial charge in [0.05, 0.1) is 6.61 Å². The standard InChI is InChI=1S/C18H19Cl2N5O/c19-13-5-7-15(8-6-13)26-10-2-9-25-16(23-17(21)24-18(25)22)12-3-1-4-14(20)11-12/h1,3-8,11,16H,2,9-10H2,(H4,21,22,23,24). The van der Waals surface area contributed by atoms with Crippen molar-refractivity contribution in [3.8, 4) is 5.75 Å². The maximum Gasteiger partial charge on any atom is 0.220 e. The molecule has 1 atom stereocenters. The van der Waals surface area contributed by atoms with Crippen molar-refractivity contribution in [2.24, 2.45) is 21.5 Å². The first-order valence-electron chi connectivity index (χ1n) is 8.11.